The van der Waals surface area contributed by atoms with Gasteiger partial charge in [-0.2, -0.15) is 5.10 Å². The summed E-state index contributed by atoms with van der Waals surface area (Å²) < 4.78 is 1.82. The van der Waals surface area contributed by atoms with Crippen LogP contribution in [0.1, 0.15) is 22.4 Å². The summed E-state index contributed by atoms with van der Waals surface area (Å²) in [7, 11) is 1.92. The summed E-state index contributed by atoms with van der Waals surface area (Å²) in [6.07, 6.45) is 5.64. The molecule has 0 aliphatic heterocycles. The van der Waals surface area contributed by atoms with Gasteiger partial charge >= 0.3 is 0 Å². The molecule has 5 nitrogen and oxygen atoms in total. The van der Waals surface area contributed by atoms with Crippen molar-refractivity contribution in [1.82, 2.24) is 25.1 Å². The highest BCUT2D eigenvalue weighted by atomic mass is 15.3. The molecule has 0 aliphatic rings. The molecule has 0 amide bonds. The lowest BCUT2D eigenvalue weighted by Gasteiger charge is -2.07. The molecule has 3 rings (SSSR count). The highest BCUT2D eigenvalue weighted by Crippen LogP contribution is 2.16. The molecule has 0 spiro atoms. The quantitative estimate of drug-likeness (QED) is 0.797. The van der Waals surface area contributed by atoms with Crippen LogP contribution in [-0.2, 0) is 20.1 Å². The van der Waals surface area contributed by atoms with E-state index in [4.69, 9.17) is 0 Å². The van der Waals surface area contributed by atoms with E-state index in [1.165, 1.54) is 16.7 Å². The molecule has 1 N–H and O–H groups in total. The van der Waals surface area contributed by atoms with Crippen LogP contribution in [0.15, 0.2) is 30.7 Å². The van der Waals surface area contributed by atoms with Crippen molar-refractivity contribution in [2.45, 2.75) is 26.9 Å². The largest absolute Gasteiger partial charge is 0.308 e. The number of hydrogen-bond donors (Lipinski definition) is 1. The van der Waals surface area contributed by atoms with E-state index in [1.54, 1.807) is 0 Å². The molecule has 0 fully saturated rings. The number of aromatic nitrogens is 4. The zero-order chi connectivity index (χ0) is 14.8. The lowest BCUT2D eigenvalue weighted by Crippen LogP contribution is -2.13. The maximum Gasteiger partial charge on any atom is 0.157 e. The van der Waals surface area contributed by atoms with Gasteiger partial charge in [-0.25, -0.2) is 4.98 Å². The lowest BCUT2D eigenvalue weighted by molar-refractivity contribution is 0.687. The zero-order valence-corrected chi connectivity index (χ0v) is 12.6. The Kier molecular flexibility index (Phi) is 3.66. The van der Waals surface area contributed by atoms with Gasteiger partial charge < -0.3 is 5.32 Å². The predicted octanol–water partition coefficient (Wildman–Crippen LogP) is 2.27. The van der Waals surface area contributed by atoms with Crippen LogP contribution in [0.2, 0.25) is 0 Å². The molecular weight excluding hydrogens is 262 g/mol. The van der Waals surface area contributed by atoms with Gasteiger partial charge in [0.1, 0.15) is 0 Å². The molecule has 0 atom stereocenters. The molecule has 21 heavy (non-hydrogen) atoms. The van der Waals surface area contributed by atoms with Gasteiger partial charge in [-0.15, -0.1) is 0 Å². The van der Waals surface area contributed by atoms with E-state index in [-0.39, 0.29) is 0 Å². The van der Waals surface area contributed by atoms with E-state index < -0.39 is 0 Å². The summed E-state index contributed by atoms with van der Waals surface area (Å²) in [4.78, 5) is 8.66. The first-order valence-corrected chi connectivity index (χ1v) is 7.03. The van der Waals surface area contributed by atoms with E-state index in [0.717, 1.165) is 29.8 Å². The topological polar surface area (TPSA) is 55.6 Å². The Hall–Kier alpha value is -2.27. The molecule has 5 heteroatoms. The van der Waals surface area contributed by atoms with Crippen molar-refractivity contribution in [1.29, 1.82) is 0 Å². The molecular formula is C16H19N5. The second-order valence-electron chi connectivity index (χ2n) is 5.33. The highest BCUT2D eigenvalue weighted by molar-refractivity contribution is 5.78. The first-order chi connectivity index (χ1) is 10.1. The van der Waals surface area contributed by atoms with Crippen LogP contribution in [0.5, 0.6) is 0 Å². The maximum atomic E-state index is 4.49. The van der Waals surface area contributed by atoms with Gasteiger partial charge in [0.15, 0.2) is 5.65 Å². The Labute approximate surface area is 124 Å². The van der Waals surface area contributed by atoms with Gasteiger partial charge in [-0.3, -0.25) is 9.67 Å². The molecule has 0 aliphatic carbocycles. The van der Waals surface area contributed by atoms with E-state index in [2.05, 4.69) is 33.4 Å². The minimum atomic E-state index is 0.783. The van der Waals surface area contributed by atoms with Crippen molar-refractivity contribution in [3.05, 3.63) is 53.1 Å². The maximum absolute atomic E-state index is 4.49. The average Bonchev–Trinajstić information content (AvgIpc) is 2.76. The third-order valence-corrected chi connectivity index (χ3v) is 3.71. The number of nitrogens with zero attached hydrogens (tertiary/aromatic N) is 4. The monoisotopic (exact) mass is 281 g/mol. The fourth-order valence-corrected chi connectivity index (χ4v) is 2.47. The number of hydrogen-bond acceptors (Lipinski definition) is 4. The third kappa shape index (κ3) is 2.78. The summed E-state index contributed by atoms with van der Waals surface area (Å²) in [6, 6.07) is 4.19. The van der Waals surface area contributed by atoms with Crippen molar-refractivity contribution in [2.75, 3.05) is 0 Å². The summed E-state index contributed by atoms with van der Waals surface area (Å²) in [5.41, 5.74) is 5.60. The Bertz CT molecular complexity index is 775. The Morgan fingerprint density at radius 2 is 2.05 bits per heavy atom. The normalized spacial score (nSPS) is 11.2. The molecule has 0 saturated carbocycles. The fraction of sp³-hybridized carbons (Fsp3) is 0.312. The molecule has 3 heterocycles. The van der Waals surface area contributed by atoms with Crippen LogP contribution in [0.3, 0.4) is 0 Å². The first kappa shape index (κ1) is 13.7. The standard InChI is InChI=1S/C16H19N5/c1-11-4-5-17-9-14(11)10-18-7-13-6-15-12(2)20-21(3)16(15)19-8-13/h4-6,8-9,18H,7,10H2,1-3H3. The Morgan fingerprint density at radius 1 is 1.19 bits per heavy atom. The van der Waals surface area contributed by atoms with Crippen molar-refractivity contribution >= 4 is 11.0 Å². The van der Waals surface area contributed by atoms with Crippen molar-refractivity contribution in [3.8, 4) is 0 Å². The zero-order valence-electron chi connectivity index (χ0n) is 12.6. The second kappa shape index (κ2) is 5.61. The van der Waals surface area contributed by atoms with Crippen molar-refractivity contribution < 1.29 is 0 Å². The molecule has 3 aromatic heterocycles. The van der Waals surface area contributed by atoms with E-state index >= 15 is 0 Å². The minimum absolute atomic E-state index is 0.783. The van der Waals surface area contributed by atoms with E-state index in [0.29, 0.717) is 0 Å². The smallest absolute Gasteiger partial charge is 0.157 e. The molecule has 3 aromatic rings. The molecule has 0 radical (unpaired) electrons. The Balaban J connectivity index is 1.71. The van der Waals surface area contributed by atoms with Gasteiger partial charge in [0.05, 0.1) is 5.69 Å². The summed E-state index contributed by atoms with van der Waals surface area (Å²) in [5.74, 6) is 0. The summed E-state index contributed by atoms with van der Waals surface area (Å²) >= 11 is 0. The molecule has 0 unspecified atom stereocenters. The third-order valence-electron chi connectivity index (χ3n) is 3.71. The van der Waals surface area contributed by atoms with Gasteiger partial charge in [0.2, 0.25) is 0 Å². The number of pyridine rings is 2. The van der Waals surface area contributed by atoms with Gasteiger partial charge in [0.25, 0.3) is 0 Å². The van der Waals surface area contributed by atoms with Gasteiger partial charge in [0, 0.05) is 44.1 Å². The van der Waals surface area contributed by atoms with Gasteiger partial charge in [-0.1, -0.05) is 0 Å². The first-order valence-electron chi connectivity index (χ1n) is 7.03. The van der Waals surface area contributed by atoms with Crippen LogP contribution >= 0.6 is 0 Å². The van der Waals surface area contributed by atoms with E-state index in [1.807, 2.05) is 43.3 Å². The van der Waals surface area contributed by atoms with Gasteiger partial charge in [-0.05, 0) is 42.7 Å². The molecule has 0 aromatic carbocycles. The number of fused-ring (bicyclic) bond motifs is 1. The molecule has 108 valence electrons. The lowest BCUT2D eigenvalue weighted by atomic mass is 10.1. The minimum Gasteiger partial charge on any atom is -0.308 e. The fourth-order valence-electron chi connectivity index (χ4n) is 2.47. The summed E-state index contributed by atoms with van der Waals surface area (Å²) in [5, 5.41) is 8.96. The van der Waals surface area contributed by atoms with E-state index in [9.17, 15) is 0 Å². The van der Waals surface area contributed by atoms with Crippen molar-refractivity contribution in [2.24, 2.45) is 7.05 Å². The highest BCUT2D eigenvalue weighted by Gasteiger charge is 2.07. The van der Waals surface area contributed by atoms with Crippen LogP contribution in [-0.4, -0.2) is 19.7 Å². The van der Waals surface area contributed by atoms with Crippen LogP contribution in [0.25, 0.3) is 11.0 Å². The number of aryl methyl sites for hydroxylation is 3. The second-order valence-corrected chi connectivity index (χ2v) is 5.33. The SMILES string of the molecule is Cc1ccncc1CNCc1cnc2c(c1)c(C)nn2C. The predicted molar refractivity (Wildman–Crippen MR) is 82.8 cm³/mol. The number of nitrogens with one attached hydrogen (secondary N) is 1. The van der Waals surface area contributed by atoms with Crippen molar-refractivity contribution in [3.63, 3.8) is 0 Å². The van der Waals surface area contributed by atoms with Crippen LogP contribution in [0.4, 0.5) is 0 Å². The van der Waals surface area contributed by atoms with Crippen LogP contribution < -0.4 is 5.32 Å². The summed E-state index contributed by atoms with van der Waals surface area (Å²) in [6.45, 7) is 5.71. The Morgan fingerprint density at radius 3 is 2.86 bits per heavy atom. The average molecular weight is 281 g/mol. The molecule has 0 saturated heterocycles. The van der Waals surface area contributed by atoms with Crippen LogP contribution in [0, 0.1) is 13.8 Å². The molecule has 0 bridgehead atoms. The number of rotatable bonds is 4.